The van der Waals surface area contributed by atoms with E-state index < -0.39 is 5.92 Å². The van der Waals surface area contributed by atoms with Crippen molar-refractivity contribution < 1.29 is 14.3 Å². The topological polar surface area (TPSA) is 43.4 Å². The first-order valence-electron chi connectivity index (χ1n) is 5.01. The van der Waals surface area contributed by atoms with Gasteiger partial charge in [0, 0.05) is 10.4 Å². The SMILES string of the molecule is CCOC(=O)[C@@H]1CCc2sccc2C1=O. The Morgan fingerprint density at radius 3 is 3.20 bits per heavy atom. The average molecular weight is 224 g/mol. The lowest BCUT2D eigenvalue weighted by Crippen LogP contribution is -2.30. The maximum absolute atomic E-state index is 11.9. The van der Waals surface area contributed by atoms with Crippen LogP contribution < -0.4 is 0 Å². The van der Waals surface area contributed by atoms with E-state index in [1.54, 1.807) is 24.3 Å². The second-order valence-corrected chi connectivity index (χ2v) is 4.47. The van der Waals surface area contributed by atoms with E-state index in [0.29, 0.717) is 18.6 Å². The summed E-state index contributed by atoms with van der Waals surface area (Å²) in [7, 11) is 0. The number of ether oxygens (including phenoxy) is 1. The van der Waals surface area contributed by atoms with Gasteiger partial charge in [-0.25, -0.2) is 0 Å². The number of aryl methyl sites for hydroxylation is 1. The summed E-state index contributed by atoms with van der Waals surface area (Å²) < 4.78 is 4.89. The summed E-state index contributed by atoms with van der Waals surface area (Å²) in [4.78, 5) is 24.5. The summed E-state index contributed by atoms with van der Waals surface area (Å²) >= 11 is 1.58. The third kappa shape index (κ3) is 1.81. The highest BCUT2D eigenvalue weighted by molar-refractivity contribution is 7.10. The molecule has 0 saturated heterocycles. The van der Waals surface area contributed by atoms with E-state index in [2.05, 4.69) is 0 Å². The van der Waals surface area contributed by atoms with Gasteiger partial charge in [0.15, 0.2) is 5.78 Å². The molecule has 3 nitrogen and oxygen atoms in total. The van der Waals surface area contributed by atoms with Crippen molar-refractivity contribution >= 4 is 23.1 Å². The van der Waals surface area contributed by atoms with E-state index >= 15 is 0 Å². The normalized spacial score (nSPS) is 19.8. The van der Waals surface area contributed by atoms with Gasteiger partial charge in [0.25, 0.3) is 0 Å². The number of rotatable bonds is 2. The molecule has 4 heteroatoms. The molecule has 1 heterocycles. The number of ketones is 1. The van der Waals surface area contributed by atoms with Crippen LogP contribution in [0.15, 0.2) is 11.4 Å². The summed E-state index contributed by atoms with van der Waals surface area (Å²) in [5.41, 5.74) is 0.712. The zero-order valence-electron chi connectivity index (χ0n) is 8.49. The maximum atomic E-state index is 11.9. The second-order valence-electron chi connectivity index (χ2n) is 3.47. The Labute approximate surface area is 92.1 Å². The molecule has 2 rings (SSSR count). The summed E-state index contributed by atoms with van der Waals surface area (Å²) in [6.07, 6.45) is 1.40. The first-order valence-corrected chi connectivity index (χ1v) is 5.89. The molecule has 80 valence electrons. The first-order chi connectivity index (χ1) is 7.24. The summed E-state index contributed by atoms with van der Waals surface area (Å²) in [5.74, 6) is -1.03. The van der Waals surface area contributed by atoms with Crippen LogP contribution in [0.2, 0.25) is 0 Å². The number of hydrogen-bond acceptors (Lipinski definition) is 4. The van der Waals surface area contributed by atoms with Crippen LogP contribution in [0.3, 0.4) is 0 Å². The van der Waals surface area contributed by atoms with Gasteiger partial charge in [-0.05, 0) is 31.2 Å². The van der Waals surface area contributed by atoms with Gasteiger partial charge in [-0.15, -0.1) is 11.3 Å². The van der Waals surface area contributed by atoms with Gasteiger partial charge in [0.05, 0.1) is 6.61 Å². The van der Waals surface area contributed by atoms with E-state index in [1.807, 2.05) is 5.38 Å². The number of thiophene rings is 1. The zero-order chi connectivity index (χ0) is 10.8. The van der Waals surface area contributed by atoms with Crippen molar-refractivity contribution in [3.63, 3.8) is 0 Å². The predicted molar refractivity (Wildman–Crippen MR) is 57.1 cm³/mol. The van der Waals surface area contributed by atoms with Crippen LogP contribution in [-0.4, -0.2) is 18.4 Å². The first kappa shape index (κ1) is 10.4. The number of carbonyl (C=O) groups is 2. The number of esters is 1. The van der Waals surface area contributed by atoms with E-state index in [-0.39, 0.29) is 11.8 Å². The smallest absolute Gasteiger partial charge is 0.316 e. The summed E-state index contributed by atoms with van der Waals surface area (Å²) in [6, 6.07) is 1.80. The minimum absolute atomic E-state index is 0.0732. The van der Waals surface area contributed by atoms with Gasteiger partial charge < -0.3 is 4.74 Å². The Bertz CT molecular complexity index is 394. The lowest BCUT2D eigenvalue weighted by atomic mass is 9.87. The Hall–Kier alpha value is -1.16. The van der Waals surface area contributed by atoms with E-state index in [0.717, 1.165) is 11.3 Å². The van der Waals surface area contributed by atoms with E-state index in [1.165, 1.54) is 0 Å². The van der Waals surface area contributed by atoms with Crippen LogP contribution in [0, 0.1) is 5.92 Å². The van der Waals surface area contributed by atoms with Gasteiger partial charge in [-0.2, -0.15) is 0 Å². The molecule has 0 radical (unpaired) electrons. The number of fused-ring (bicyclic) bond motifs is 1. The molecule has 0 aliphatic heterocycles. The highest BCUT2D eigenvalue weighted by Crippen LogP contribution is 2.30. The second kappa shape index (κ2) is 4.14. The van der Waals surface area contributed by atoms with Crippen molar-refractivity contribution in [1.29, 1.82) is 0 Å². The fraction of sp³-hybridized carbons (Fsp3) is 0.455. The van der Waals surface area contributed by atoms with Gasteiger partial charge in [-0.3, -0.25) is 9.59 Å². The van der Waals surface area contributed by atoms with Crippen LogP contribution >= 0.6 is 11.3 Å². The number of Topliss-reactive ketones (excluding diaryl/α,β-unsaturated/α-hetero) is 1. The van der Waals surface area contributed by atoms with Crippen molar-refractivity contribution in [1.82, 2.24) is 0 Å². The molecule has 0 aromatic carbocycles. The lowest BCUT2D eigenvalue weighted by Gasteiger charge is -2.18. The molecule has 1 aromatic rings. The van der Waals surface area contributed by atoms with Gasteiger partial charge in [-0.1, -0.05) is 0 Å². The zero-order valence-corrected chi connectivity index (χ0v) is 9.30. The number of carbonyl (C=O) groups excluding carboxylic acids is 2. The minimum atomic E-state index is -0.577. The van der Waals surface area contributed by atoms with Crippen LogP contribution in [0.5, 0.6) is 0 Å². The number of hydrogen-bond donors (Lipinski definition) is 0. The van der Waals surface area contributed by atoms with Gasteiger partial charge in [0.1, 0.15) is 5.92 Å². The molecule has 0 saturated carbocycles. The molecular formula is C11H12O3S. The standard InChI is InChI=1S/C11H12O3S/c1-2-14-11(13)8-3-4-9-7(10(8)12)5-6-15-9/h5-6,8H,2-4H2,1H3/t8-/m1/s1. The molecule has 1 aliphatic rings. The van der Waals surface area contributed by atoms with Gasteiger partial charge >= 0.3 is 5.97 Å². The molecule has 1 atom stereocenters. The fourth-order valence-electron chi connectivity index (χ4n) is 1.82. The van der Waals surface area contributed by atoms with Crippen molar-refractivity contribution in [2.45, 2.75) is 19.8 Å². The highest BCUT2D eigenvalue weighted by Gasteiger charge is 2.34. The third-order valence-corrected chi connectivity index (χ3v) is 3.54. The molecule has 15 heavy (non-hydrogen) atoms. The molecule has 0 bridgehead atoms. The molecule has 0 spiro atoms. The van der Waals surface area contributed by atoms with Crippen LogP contribution in [0.25, 0.3) is 0 Å². The largest absolute Gasteiger partial charge is 0.465 e. The van der Waals surface area contributed by atoms with Crippen molar-refractivity contribution in [2.75, 3.05) is 6.61 Å². The van der Waals surface area contributed by atoms with Crippen molar-refractivity contribution in [2.24, 2.45) is 5.92 Å². The molecular weight excluding hydrogens is 212 g/mol. The molecule has 0 N–H and O–H groups in total. The van der Waals surface area contributed by atoms with Crippen molar-refractivity contribution in [3.05, 3.63) is 21.9 Å². The Balaban J connectivity index is 2.20. The van der Waals surface area contributed by atoms with Crippen molar-refractivity contribution in [3.8, 4) is 0 Å². The van der Waals surface area contributed by atoms with Crippen LogP contribution in [0.4, 0.5) is 0 Å². The Morgan fingerprint density at radius 2 is 2.47 bits per heavy atom. The third-order valence-electron chi connectivity index (χ3n) is 2.56. The maximum Gasteiger partial charge on any atom is 0.316 e. The van der Waals surface area contributed by atoms with Crippen LogP contribution in [-0.2, 0) is 16.0 Å². The van der Waals surface area contributed by atoms with Crippen LogP contribution in [0.1, 0.15) is 28.6 Å². The molecule has 0 fully saturated rings. The molecule has 1 aromatic heterocycles. The monoisotopic (exact) mass is 224 g/mol. The molecule has 0 amide bonds. The highest BCUT2D eigenvalue weighted by atomic mass is 32.1. The Morgan fingerprint density at radius 1 is 1.67 bits per heavy atom. The predicted octanol–water partition coefficient (Wildman–Crippen LogP) is 2.06. The Kier molecular flexibility index (Phi) is 2.86. The van der Waals surface area contributed by atoms with E-state index in [9.17, 15) is 9.59 Å². The quantitative estimate of drug-likeness (QED) is 0.570. The van der Waals surface area contributed by atoms with Gasteiger partial charge in [0.2, 0.25) is 0 Å². The lowest BCUT2D eigenvalue weighted by molar-refractivity contribution is -0.146. The summed E-state index contributed by atoms with van der Waals surface area (Å²) in [5, 5.41) is 1.90. The average Bonchev–Trinajstić information content (AvgIpc) is 2.67. The molecule has 0 unspecified atom stereocenters. The summed E-state index contributed by atoms with van der Waals surface area (Å²) in [6.45, 7) is 2.08. The fourth-order valence-corrected chi connectivity index (χ4v) is 2.72. The molecule has 1 aliphatic carbocycles. The minimum Gasteiger partial charge on any atom is -0.465 e. The van der Waals surface area contributed by atoms with E-state index in [4.69, 9.17) is 4.74 Å².